The van der Waals surface area contributed by atoms with Gasteiger partial charge in [-0.15, -0.1) is 139 Å². The molecule has 252 valence electrons. The molecule has 0 bridgehead atoms. The number of fused-ring (bicyclic) bond motifs is 9. The third-order valence-electron chi connectivity index (χ3n) is 10.5. The molecule has 10 aromatic carbocycles. The van der Waals surface area contributed by atoms with E-state index in [9.17, 15) is 0 Å². The Bertz CT molecular complexity index is 2880. The maximum Gasteiger partial charge on any atom is 0 e. The summed E-state index contributed by atoms with van der Waals surface area (Å²) in [5, 5.41) is 14.5. The molecule has 0 aliphatic rings. The number of hydrogen-bond acceptors (Lipinski definition) is 0. The predicted octanol–water partition coefficient (Wildman–Crippen LogP) is 12.7. The fourth-order valence-electron chi connectivity index (χ4n) is 8.00. The second-order valence-electron chi connectivity index (χ2n) is 13.5. The molecule has 0 nitrogen and oxygen atoms in total. The van der Waals surface area contributed by atoms with Crippen molar-refractivity contribution < 1.29 is 248 Å². The molecular formula is C51H27Pr6-3. The van der Waals surface area contributed by atoms with E-state index in [0.717, 1.165) is 33.4 Å². The average molecular weight is 1490 g/mol. The Labute approximate surface area is 533 Å². The molecular weight excluding hydrogens is 1460 g/mol. The molecule has 57 heavy (non-hydrogen) atoms. The summed E-state index contributed by atoms with van der Waals surface area (Å²) in [6.07, 6.45) is 17.2. The molecule has 0 aromatic heterocycles. The first-order valence-corrected chi connectivity index (χ1v) is 17.0. The molecule has 0 saturated carbocycles. The van der Waals surface area contributed by atoms with Gasteiger partial charge in [-0.2, -0.15) is 0 Å². The standard InChI is InChI=1S/C51H27.6Pr/c1-4-31-7-13-46-40(19-31)28-43-22-34(10-16-49(43)46)37-25-38(35-11-17-50-44(23-35)29-41-20-32(5-2)8-14-47(41)50)27-39(26-37)36-12-18-51-45(24-36)30-42-21-33(6-3)9-15-48(42)51;;;;;;/h1-3,7-30H;;;;;;/q-3;;;;;;. The molecule has 0 spiro atoms. The third kappa shape index (κ3) is 9.75. The predicted molar refractivity (Wildman–Crippen MR) is 218 cm³/mol. The average Bonchev–Trinajstić information content (AvgIpc) is 3.86. The van der Waals surface area contributed by atoms with Gasteiger partial charge in [-0.25, -0.2) is 0 Å². The Morgan fingerprint density at radius 1 is 0.263 bits per heavy atom. The topological polar surface area (TPSA) is 0 Å². The molecule has 0 heterocycles. The minimum absolute atomic E-state index is 0. The van der Waals surface area contributed by atoms with E-state index in [1.165, 1.54) is 81.3 Å². The van der Waals surface area contributed by atoms with Crippen molar-refractivity contribution in [2.75, 3.05) is 0 Å². The van der Waals surface area contributed by atoms with E-state index in [1.807, 2.05) is 18.2 Å². The zero-order valence-electron chi connectivity index (χ0n) is 31.1. The van der Waals surface area contributed by atoms with Crippen LogP contribution in [-0.2, 0) is 0 Å². The molecule has 0 aliphatic heterocycles. The van der Waals surface area contributed by atoms with E-state index in [0.29, 0.717) is 0 Å². The van der Waals surface area contributed by atoms with Gasteiger partial charge in [0.25, 0.3) is 0 Å². The first kappa shape index (κ1) is 50.7. The van der Waals surface area contributed by atoms with Crippen LogP contribution in [0.5, 0.6) is 0 Å². The fraction of sp³-hybridized carbons (Fsp3) is 0. The Balaban J connectivity index is 0.00000120. The van der Waals surface area contributed by atoms with Crippen molar-refractivity contribution in [3.8, 4) is 70.4 Å². The van der Waals surface area contributed by atoms with E-state index in [2.05, 4.69) is 145 Å². The molecule has 0 amide bonds. The first-order valence-electron chi connectivity index (χ1n) is 17.0. The molecule has 0 unspecified atom stereocenters. The third-order valence-corrected chi connectivity index (χ3v) is 10.5. The molecule has 6 radical (unpaired) electrons. The molecule has 0 N–H and O–H groups in total. The summed E-state index contributed by atoms with van der Waals surface area (Å²) in [5.74, 6) is 8.33. The Kier molecular flexibility index (Phi) is 19.2. The maximum absolute atomic E-state index is 5.72. The summed E-state index contributed by atoms with van der Waals surface area (Å²) in [5.41, 5.74) is 9.68. The van der Waals surface area contributed by atoms with Crippen LogP contribution < -0.4 is 0 Å². The first-order chi connectivity index (χ1) is 25.0. The van der Waals surface area contributed by atoms with Crippen molar-refractivity contribution in [1.82, 2.24) is 0 Å². The molecule has 10 aromatic rings. The zero-order valence-corrected chi connectivity index (χ0v) is 53.3. The summed E-state index contributed by atoms with van der Waals surface area (Å²) in [6.45, 7) is 0. The Morgan fingerprint density at radius 3 is 0.737 bits per heavy atom. The normalized spacial score (nSPS) is 10.3. The van der Waals surface area contributed by atoms with E-state index in [1.54, 1.807) is 0 Å². The van der Waals surface area contributed by atoms with Crippen LogP contribution in [0.2, 0.25) is 0 Å². The number of rotatable bonds is 3. The second-order valence-corrected chi connectivity index (χ2v) is 13.5. The van der Waals surface area contributed by atoms with Gasteiger partial charge in [0, 0.05) is 248 Å². The van der Waals surface area contributed by atoms with Crippen LogP contribution in [0, 0.1) is 285 Å². The van der Waals surface area contributed by atoms with Crippen molar-refractivity contribution >= 4 is 64.6 Å². The largest absolute Gasteiger partial charge is 0.126 e. The zero-order chi connectivity index (χ0) is 34.2. The van der Waals surface area contributed by atoms with Crippen LogP contribution in [0.1, 0.15) is 16.7 Å². The van der Waals surface area contributed by atoms with Gasteiger partial charge in [0.1, 0.15) is 0 Å². The van der Waals surface area contributed by atoms with Crippen LogP contribution in [0.25, 0.3) is 98.0 Å². The van der Waals surface area contributed by atoms with Gasteiger partial charge in [0.2, 0.25) is 0 Å². The number of benzene rings is 7. The molecule has 0 aliphatic carbocycles. The monoisotopic (exact) mass is 1480 g/mol. The summed E-state index contributed by atoms with van der Waals surface area (Å²) in [4.78, 5) is 0. The molecule has 0 fully saturated rings. The van der Waals surface area contributed by atoms with Gasteiger partial charge in [-0.05, 0) is 51.6 Å². The van der Waals surface area contributed by atoms with E-state index < -0.39 is 0 Å². The van der Waals surface area contributed by atoms with Crippen molar-refractivity contribution in [2.24, 2.45) is 0 Å². The van der Waals surface area contributed by atoms with Crippen LogP contribution >= 0.6 is 0 Å². The van der Waals surface area contributed by atoms with E-state index in [-0.39, 0.29) is 248 Å². The smallest absolute Gasteiger partial charge is 0 e. The summed E-state index contributed by atoms with van der Waals surface area (Å²) in [6, 6.07) is 52.8. The maximum atomic E-state index is 5.72. The van der Waals surface area contributed by atoms with Crippen molar-refractivity contribution in [3.05, 3.63) is 162 Å². The molecule has 6 heteroatoms. The van der Waals surface area contributed by atoms with Gasteiger partial charge < -0.3 is 0 Å². The Morgan fingerprint density at radius 2 is 0.491 bits per heavy atom. The van der Waals surface area contributed by atoms with Gasteiger partial charge in [0.05, 0.1) is 0 Å². The SMILES string of the molecule is C#Cc1ccc2c(c1)[cH-]c1cc(-c3cc(-c4ccc5c(c4)[cH-]c4cc(C#C)ccc45)cc(-c4ccc5c(c4)[cH-]c4cc(C#C)ccc45)c3)ccc12.[Pr].[Pr].[Pr].[Pr].[Pr].[Pr]. The minimum atomic E-state index is 0. The van der Waals surface area contributed by atoms with Crippen LogP contribution in [0.15, 0.2) is 146 Å². The summed E-state index contributed by atoms with van der Waals surface area (Å²) < 4.78 is 0. The van der Waals surface area contributed by atoms with Crippen LogP contribution in [-0.4, -0.2) is 0 Å². The molecule has 10 rings (SSSR count). The summed E-state index contributed by atoms with van der Waals surface area (Å²) >= 11 is 0. The second kappa shape index (κ2) is 21.6. The van der Waals surface area contributed by atoms with E-state index >= 15 is 0 Å². The van der Waals surface area contributed by atoms with Gasteiger partial charge in [-0.1, -0.05) is 107 Å². The van der Waals surface area contributed by atoms with Gasteiger partial charge in [0.15, 0.2) is 0 Å². The minimum Gasteiger partial charge on any atom is -0.126 e. The molecule has 0 saturated heterocycles. The van der Waals surface area contributed by atoms with Crippen LogP contribution in [0.3, 0.4) is 0 Å². The van der Waals surface area contributed by atoms with Crippen molar-refractivity contribution in [1.29, 1.82) is 0 Å². The van der Waals surface area contributed by atoms with Gasteiger partial charge in [-0.3, -0.25) is 0 Å². The quantitative estimate of drug-likeness (QED) is 0.122. The van der Waals surface area contributed by atoms with Crippen LogP contribution in [0.4, 0.5) is 0 Å². The number of terminal acetylenes is 3. The summed E-state index contributed by atoms with van der Waals surface area (Å²) in [7, 11) is 0. The van der Waals surface area contributed by atoms with Gasteiger partial charge >= 0.3 is 0 Å². The van der Waals surface area contributed by atoms with E-state index in [4.69, 9.17) is 19.3 Å². The molecule has 0 atom stereocenters. The number of hydrogen-bond donors (Lipinski definition) is 0. The van der Waals surface area contributed by atoms with Crippen molar-refractivity contribution in [2.45, 2.75) is 0 Å². The fourth-order valence-corrected chi connectivity index (χ4v) is 8.00. The Hall–Kier alpha value is 1.01. The van der Waals surface area contributed by atoms with Crippen molar-refractivity contribution in [3.63, 3.8) is 0 Å².